The molecule has 0 saturated carbocycles. The normalized spacial score (nSPS) is 12.4. The van der Waals surface area contributed by atoms with Gasteiger partial charge in [-0.25, -0.2) is 4.98 Å². The van der Waals surface area contributed by atoms with Crippen molar-refractivity contribution in [1.82, 2.24) is 4.98 Å². The zero-order valence-corrected chi connectivity index (χ0v) is 8.75. The molecule has 0 aliphatic heterocycles. The van der Waals surface area contributed by atoms with Crippen molar-refractivity contribution >= 4 is 11.3 Å². The number of aryl methyl sites for hydroxylation is 1. The summed E-state index contributed by atoms with van der Waals surface area (Å²) >= 11 is 1.42. The number of rotatable bonds is 5. The minimum atomic E-state index is -0.597. The Hall–Kier alpha value is -0.960. The van der Waals surface area contributed by atoms with Crippen LogP contribution >= 0.6 is 11.3 Å². The van der Waals surface area contributed by atoms with Crippen molar-refractivity contribution in [3.05, 3.63) is 16.1 Å². The number of thiazole rings is 1. The van der Waals surface area contributed by atoms with Crippen LogP contribution in [0.2, 0.25) is 0 Å². The fourth-order valence-electron chi connectivity index (χ4n) is 0.922. The molecule has 0 saturated heterocycles. The van der Waals surface area contributed by atoms with Crippen LogP contribution in [0, 0.1) is 18.3 Å². The number of hydrogen-bond donors (Lipinski definition) is 1. The van der Waals surface area contributed by atoms with E-state index in [4.69, 9.17) is 15.1 Å². The second kappa shape index (κ2) is 5.70. The van der Waals surface area contributed by atoms with Gasteiger partial charge in [0.15, 0.2) is 6.10 Å². The highest BCUT2D eigenvalue weighted by molar-refractivity contribution is 7.09. The van der Waals surface area contributed by atoms with Crippen LogP contribution < -0.4 is 0 Å². The van der Waals surface area contributed by atoms with E-state index in [1.807, 2.05) is 18.4 Å². The number of hydrogen-bond acceptors (Lipinski definition) is 5. The molecule has 5 heteroatoms. The van der Waals surface area contributed by atoms with E-state index in [9.17, 15) is 0 Å². The van der Waals surface area contributed by atoms with E-state index >= 15 is 0 Å². The molecule has 14 heavy (non-hydrogen) atoms. The van der Waals surface area contributed by atoms with Gasteiger partial charge in [0.2, 0.25) is 0 Å². The molecule has 0 amide bonds. The zero-order chi connectivity index (χ0) is 10.4. The SMILES string of the molecule is Cc1csc(C(C#N)OCCCO)n1. The van der Waals surface area contributed by atoms with Crippen molar-refractivity contribution in [1.29, 1.82) is 5.26 Å². The van der Waals surface area contributed by atoms with Gasteiger partial charge in [-0.1, -0.05) is 0 Å². The molecule has 1 aromatic rings. The molecule has 0 radical (unpaired) electrons. The molecule has 0 bridgehead atoms. The molecule has 0 fully saturated rings. The molecule has 76 valence electrons. The predicted molar refractivity (Wildman–Crippen MR) is 52.9 cm³/mol. The van der Waals surface area contributed by atoms with Gasteiger partial charge in [0.1, 0.15) is 11.1 Å². The van der Waals surface area contributed by atoms with E-state index in [0.29, 0.717) is 18.0 Å². The summed E-state index contributed by atoms with van der Waals surface area (Å²) in [4.78, 5) is 4.17. The molecule has 1 unspecified atom stereocenters. The number of nitrogens with zero attached hydrogens (tertiary/aromatic N) is 2. The lowest BCUT2D eigenvalue weighted by molar-refractivity contribution is 0.0771. The molecule has 4 nitrogen and oxygen atoms in total. The van der Waals surface area contributed by atoms with Gasteiger partial charge in [0.25, 0.3) is 0 Å². The Bertz CT molecular complexity index is 319. The fourth-order valence-corrected chi connectivity index (χ4v) is 1.71. The second-order valence-electron chi connectivity index (χ2n) is 2.78. The maximum absolute atomic E-state index is 8.82. The van der Waals surface area contributed by atoms with E-state index in [0.717, 1.165) is 5.69 Å². The van der Waals surface area contributed by atoms with Crippen LogP contribution in [0.25, 0.3) is 0 Å². The summed E-state index contributed by atoms with van der Waals surface area (Å²) in [6, 6.07) is 2.03. The topological polar surface area (TPSA) is 66.1 Å². The van der Waals surface area contributed by atoms with Crippen molar-refractivity contribution in [3.8, 4) is 6.07 Å². The number of aromatic nitrogens is 1. The molecule has 0 aliphatic carbocycles. The van der Waals surface area contributed by atoms with Gasteiger partial charge in [0.05, 0.1) is 6.61 Å². The smallest absolute Gasteiger partial charge is 0.195 e. The summed E-state index contributed by atoms with van der Waals surface area (Å²) in [6.07, 6.45) is -0.0528. The lowest BCUT2D eigenvalue weighted by Crippen LogP contribution is -2.04. The monoisotopic (exact) mass is 212 g/mol. The van der Waals surface area contributed by atoms with Gasteiger partial charge in [-0.05, 0) is 13.3 Å². The van der Waals surface area contributed by atoms with Crippen LogP contribution in [0.4, 0.5) is 0 Å². The fraction of sp³-hybridized carbons (Fsp3) is 0.556. The largest absolute Gasteiger partial charge is 0.396 e. The minimum absolute atomic E-state index is 0.0784. The molecule has 1 atom stereocenters. The third-order valence-electron chi connectivity index (χ3n) is 1.57. The molecule has 1 aromatic heterocycles. The van der Waals surface area contributed by atoms with Crippen LogP contribution in [0.3, 0.4) is 0 Å². The highest BCUT2D eigenvalue weighted by atomic mass is 32.1. The third kappa shape index (κ3) is 3.07. The van der Waals surface area contributed by atoms with Gasteiger partial charge in [0, 0.05) is 17.7 Å². The van der Waals surface area contributed by atoms with Crippen molar-refractivity contribution in [2.24, 2.45) is 0 Å². The number of aliphatic hydroxyl groups excluding tert-OH is 1. The van der Waals surface area contributed by atoms with Gasteiger partial charge >= 0.3 is 0 Å². The number of ether oxygens (including phenoxy) is 1. The molecule has 0 aliphatic rings. The first kappa shape index (κ1) is 11.1. The highest BCUT2D eigenvalue weighted by Gasteiger charge is 2.13. The Kier molecular flexibility index (Phi) is 4.53. The summed E-state index contributed by atoms with van der Waals surface area (Å²) in [5.74, 6) is 0. The van der Waals surface area contributed by atoms with Gasteiger partial charge in [-0.3, -0.25) is 0 Å². The van der Waals surface area contributed by atoms with E-state index in [2.05, 4.69) is 4.98 Å². The minimum Gasteiger partial charge on any atom is -0.396 e. The summed E-state index contributed by atoms with van der Waals surface area (Å²) in [6.45, 7) is 2.34. The Balaban J connectivity index is 2.51. The highest BCUT2D eigenvalue weighted by Crippen LogP contribution is 2.20. The van der Waals surface area contributed by atoms with Crippen LogP contribution in [0.1, 0.15) is 23.2 Å². The van der Waals surface area contributed by atoms with Crippen LogP contribution in [0.5, 0.6) is 0 Å². The standard InChI is InChI=1S/C9H12N2O2S/c1-7-6-14-9(11-7)8(5-10)13-4-2-3-12/h6,8,12H,2-4H2,1H3. The Morgan fingerprint density at radius 2 is 2.57 bits per heavy atom. The quantitative estimate of drug-likeness (QED) is 0.749. The van der Waals surface area contributed by atoms with Crippen LogP contribution in [0.15, 0.2) is 5.38 Å². The Morgan fingerprint density at radius 1 is 1.79 bits per heavy atom. The average Bonchev–Trinajstić information content (AvgIpc) is 2.60. The molecule has 1 N–H and O–H groups in total. The van der Waals surface area contributed by atoms with Crippen LogP contribution in [-0.4, -0.2) is 23.3 Å². The van der Waals surface area contributed by atoms with Crippen LogP contribution in [-0.2, 0) is 4.74 Å². The van der Waals surface area contributed by atoms with Crippen molar-refractivity contribution in [2.45, 2.75) is 19.4 Å². The van der Waals surface area contributed by atoms with E-state index in [1.165, 1.54) is 11.3 Å². The van der Waals surface area contributed by atoms with E-state index in [-0.39, 0.29) is 6.61 Å². The first-order chi connectivity index (χ1) is 6.77. The molecule has 1 rings (SSSR count). The Labute approximate surface area is 86.8 Å². The second-order valence-corrected chi connectivity index (χ2v) is 3.67. The van der Waals surface area contributed by atoms with Gasteiger partial charge < -0.3 is 9.84 Å². The first-order valence-electron chi connectivity index (χ1n) is 4.32. The van der Waals surface area contributed by atoms with Crippen molar-refractivity contribution < 1.29 is 9.84 Å². The summed E-state index contributed by atoms with van der Waals surface area (Å²) in [5, 5.41) is 19.9. The molecule has 0 aromatic carbocycles. The maximum Gasteiger partial charge on any atom is 0.195 e. The summed E-state index contributed by atoms with van der Waals surface area (Å²) < 4.78 is 5.26. The van der Waals surface area contributed by atoms with Gasteiger partial charge in [-0.2, -0.15) is 5.26 Å². The lowest BCUT2D eigenvalue weighted by atomic mass is 10.4. The van der Waals surface area contributed by atoms with Crippen molar-refractivity contribution in [3.63, 3.8) is 0 Å². The van der Waals surface area contributed by atoms with Gasteiger partial charge in [-0.15, -0.1) is 11.3 Å². The molecule has 0 spiro atoms. The van der Waals surface area contributed by atoms with E-state index < -0.39 is 6.10 Å². The summed E-state index contributed by atoms with van der Waals surface area (Å²) in [5.41, 5.74) is 0.899. The lowest BCUT2D eigenvalue weighted by Gasteiger charge is -2.06. The first-order valence-corrected chi connectivity index (χ1v) is 5.20. The predicted octanol–water partition coefficient (Wildman–Crippen LogP) is 1.42. The number of aliphatic hydroxyl groups is 1. The molecular weight excluding hydrogens is 200 g/mol. The summed E-state index contributed by atoms with van der Waals surface area (Å²) in [7, 11) is 0. The number of nitriles is 1. The average molecular weight is 212 g/mol. The van der Waals surface area contributed by atoms with E-state index in [1.54, 1.807) is 0 Å². The maximum atomic E-state index is 8.82. The molecule has 1 heterocycles. The Morgan fingerprint density at radius 3 is 3.07 bits per heavy atom. The molecular formula is C9H12N2O2S. The van der Waals surface area contributed by atoms with Crippen molar-refractivity contribution in [2.75, 3.05) is 13.2 Å². The third-order valence-corrected chi connectivity index (χ3v) is 2.57. The zero-order valence-electron chi connectivity index (χ0n) is 7.93.